The van der Waals surface area contributed by atoms with Gasteiger partial charge in [-0.25, -0.2) is 10.2 Å². The predicted octanol–water partition coefficient (Wildman–Crippen LogP) is 1.19. The molecule has 15 heavy (non-hydrogen) atoms. The van der Waals surface area contributed by atoms with Gasteiger partial charge in [-0.1, -0.05) is 0 Å². The van der Waals surface area contributed by atoms with Gasteiger partial charge in [0, 0.05) is 6.61 Å². The number of amides is 1. The molecule has 1 saturated heterocycles. The van der Waals surface area contributed by atoms with Crippen LogP contribution in [0.3, 0.4) is 0 Å². The van der Waals surface area contributed by atoms with E-state index in [0.717, 1.165) is 13.0 Å². The van der Waals surface area contributed by atoms with Crippen molar-refractivity contribution in [1.29, 1.82) is 0 Å². The Kier molecular flexibility index (Phi) is 3.93. The van der Waals surface area contributed by atoms with Crippen LogP contribution in [-0.4, -0.2) is 30.4 Å². The molecule has 1 fully saturated rings. The van der Waals surface area contributed by atoms with E-state index in [2.05, 4.69) is 10.9 Å². The largest absolute Gasteiger partial charge is 0.443 e. The Morgan fingerprint density at radius 3 is 2.60 bits per heavy atom. The third-order valence-electron chi connectivity index (χ3n) is 2.13. The topological polar surface area (TPSA) is 59.6 Å². The molecule has 1 aliphatic heterocycles. The Labute approximate surface area is 90.5 Å². The second-order valence-corrected chi connectivity index (χ2v) is 4.74. The quantitative estimate of drug-likeness (QED) is 0.681. The lowest BCUT2D eigenvalue weighted by atomic mass is 10.2. The second kappa shape index (κ2) is 4.81. The van der Waals surface area contributed by atoms with Gasteiger partial charge in [-0.2, -0.15) is 0 Å². The van der Waals surface area contributed by atoms with Crippen LogP contribution in [0.1, 0.15) is 34.1 Å². The number of rotatable bonds is 2. The minimum Gasteiger partial charge on any atom is -0.443 e. The van der Waals surface area contributed by atoms with Crippen molar-refractivity contribution in [3.63, 3.8) is 0 Å². The molecule has 88 valence electrons. The highest BCUT2D eigenvalue weighted by atomic mass is 16.6. The van der Waals surface area contributed by atoms with Crippen molar-refractivity contribution in [2.45, 2.75) is 51.9 Å². The van der Waals surface area contributed by atoms with Gasteiger partial charge >= 0.3 is 6.09 Å². The Morgan fingerprint density at radius 2 is 2.13 bits per heavy atom. The van der Waals surface area contributed by atoms with Crippen molar-refractivity contribution in [3.8, 4) is 0 Å². The first-order chi connectivity index (χ1) is 6.88. The van der Waals surface area contributed by atoms with E-state index in [1.54, 1.807) is 0 Å². The molecule has 1 amide bonds. The molecule has 0 spiro atoms. The zero-order chi connectivity index (χ0) is 11.5. The summed E-state index contributed by atoms with van der Waals surface area (Å²) >= 11 is 0. The third kappa shape index (κ3) is 4.48. The number of hydrogen-bond acceptors (Lipinski definition) is 4. The first-order valence-corrected chi connectivity index (χ1v) is 5.24. The fourth-order valence-corrected chi connectivity index (χ4v) is 1.38. The van der Waals surface area contributed by atoms with Crippen molar-refractivity contribution in [3.05, 3.63) is 0 Å². The van der Waals surface area contributed by atoms with Gasteiger partial charge in [0.05, 0.1) is 12.1 Å². The van der Waals surface area contributed by atoms with Crippen LogP contribution < -0.4 is 10.9 Å². The molecular weight excluding hydrogens is 196 g/mol. The van der Waals surface area contributed by atoms with Gasteiger partial charge in [0.1, 0.15) is 5.60 Å². The maximum absolute atomic E-state index is 11.3. The normalized spacial score (nSPS) is 26.4. The number of hydrogen-bond donors (Lipinski definition) is 2. The average molecular weight is 216 g/mol. The number of carbonyl (C=O) groups excluding carboxylic acids is 1. The number of ether oxygens (including phenoxy) is 2. The van der Waals surface area contributed by atoms with Crippen LogP contribution in [0.25, 0.3) is 0 Å². The van der Waals surface area contributed by atoms with Gasteiger partial charge in [0.15, 0.2) is 0 Å². The summed E-state index contributed by atoms with van der Waals surface area (Å²) in [5, 5.41) is 0. The van der Waals surface area contributed by atoms with E-state index >= 15 is 0 Å². The van der Waals surface area contributed by atoms with Crippen LogP contribution in [0.5, 0.6) is 0 Å². The van der Waals surface area contributed by atoms with Crippen LogP contribution in [0.4, 0.5) is 4.79 Å². The molecule has 2 N–H and O–H groups in total. The fourth-order valence-electron chi connectivity index (χ4n) is 1.38. The SMILES string of the molecule is CC1OCCC1NNC(=O)OC(C)(C)C. The van der Waals surface area contributed by atoms with Crippen LogP contribution in [0.2, 0.25) is 0 Å². The average Bonchev–Trinajstić information content (AvgIpc) is 2.44. The van der Waals surface area contributed by atoms with Gasteiger partial charge in [-0.05, 0) is 34.1 Å². The van der Waals surface area contributed by atoms with E-state index in [1.165, 1.54) is 0 Å². The van der Waals surface area contributed by atoms with E-state index in [-0.39, 0.29) is 12.1 Å². The molecule has 2 atom stereocenters. The first-order valence-electron chi connectivity index (χ1n) is 5.24. The predicted molar refractivity (Wildman–Crippen MR) is 56.3 cm³/mol. The van der Waals surface area contributed by atoms with E-state index in [1.807, 2.05) is 27.7 Å². The second-order valence-electron chi connectivity index (χ2n) is 4.74. The van der Waals surface area contributed by atoms with E-state index in [9.17, 15) is 4.79 Å². The van der Waals surface area contributed by atoms with Gasteiger partial charge in [-0.3, -0.25) is 5.43 Å². The molecule has 0 saturated carbocycles. The first kappa shape index (κ1) is 12.3. The zero-order valence-electron chi connectivity index (χ0n) is 9.79. The summed E-state index contributed by atoms with van der Waals surface area (Å²) in [6.07, 6.45) is 0.568. The summed E-state index contributed by atoms with van der Waals surface area (Å²) in [5.74, 6) is 0. The summed E-state index contributed by atoms with van der Waals surface area (Å²) in [6.45, 7) is 8.19. The molecule has 5 heteroatoms. The molecule has 2 unspecified atom stereocenters. The van der Waals surface area contributed by atoms with Crippen molar-refractivity contribution < 1.29 is 14.3 Å². The van der Waals surface area contributed by atoms with Crippen LogP contribution in [0, 0.1) is 0 Å². The highest BCUT2D eigenvalue weighted by Gasteiger charge is 2.25. The molecule has 5 nitrogen and oxygen atoms in total. The smallest absolute Gasteiger partial charge is 0.422 e. The molecule has 0 aromatic carbocycles. The maximum atomic E-state index is 11.3. The molecule has 0 aromatic rings. The molecule has 0 radical (unpaired) electrons. The molecule has 1 aliphatic rings. The molecular formula is C10H20N2O3. The van der Waals surface area contributed by atoms with Crippen LogP contribution in [0.15, 0.2) is 0 Å². The zero-order valence-corrected chi connectivity index (χ0v) is 9.79. The van der Waals surface area contributed by atoms with E-state index < -0.39 is 11.7 Å². The van der Waals surface area contributed by atoms with Crippen molar-refractivity contribution >= 4 is 6.09 Å². The van der Waals surface area contributed by atoms with Gasteiger partial charge in [0.2, 0.25) is 0 Å². The fraction of sp³-hybridized carbons (Fsp3) is 0.900. The van der Waals surface area contributed by atoms with Crippen molar-refractivity contribution in [2.75, 3.05) is 6.61 Å². The van der Waals surface area contributed by atoms with Gasteiger partial charge < -0.3 is 9.47 Å². The summed E-state index contributed by atoms with van der Waals surface area (Å²) in [6, 6.07) is 0.164. The van der Waals surface area contributed by atoms with Crippen LogP contribution in [-0.2, 0) is 9.47 Å². The monoisotopic (exact) mass is 216 g/mol. The highest BCUT2D eigenvalue weighted by molar-refractivity contribution is 5.67. The Morgan fingerprint density at radius 1 is 1.47 bits per heavy atom. The Hall–Kier alpha value is -0.810. The third-order valence-corrected chi connectivity index (χ3v) is 2.13. The van der Waals surface area contributed by atoms with Crippen molar-refractivity contribution in [2.24, 2.45) is 0 Å². The summed E-state index contributed by atoms with van der Waals surface area (Å²) < 4.78 is 10.4. The van der Waals surface area contributed by atoms with E-state index in [4.69, 9.17) is 9.47 Å². The Bertz CT molecular complexity index is 225. The lowest BCUT2D eigenvalue weighted by Crippen LogP contribution is -2.48. The summed E-state index contributed by atoms with van der Waals surface area (Å²) in [7, 11) is 0. The minimum atomic E-state index is -0.469. The number of nitrogens with one attached hydrogen (secondary N) is 2. The Balaban J connectivity index is 2.22. The molecule has 1 heterocycles. The molecule has 0 bridgehead atoms. The number of hydrazine groups is 1. The van der Waals surface area contributed by atoms with Gasteiger partial charge in [0.25, 0.3) is 0 Å². The molecule has 0 aromatic heterocycles. The maximum Gasteiger partial charge on any atom is 0.422 e. The standard InChI is InChI=1S/C10H20N2O3/c1-7-8(5-6-14-7)11-12-9(13)15-10(2,3)4/h7-8,11H,5-6H2,1-4H3,(H,12,13). The van der Waals surface area contributed by atoms with Crippen molar-refractivity contribution in [1.82, 2.24) is 10.9 Å². The molecule has 1 rings (SSSR count). The van der Waals surface area contributed by atoms with E-state index in [0.29, 0.717) is 0 Å². The molecule has 0 aliphatic carbocycles. The number of carbonyl (C=O) groups is 1. The lowest BCUT2D eigenvalue weighted by Gasteiger charge is -2.22. The highest BCUT2D eigenvalue weighted by Crippen LogP contribution is 2.11. The summed E-state index contributed by atoms with van der Waals surface area (Å²) in [4.78, 5) is 11.3. The minimum absolute atomic E-state index is 0.125. The van der Waals surface area contributed by atoms with Gasteiger partial charge in [-0.15, -0.1) is 0 Å². The van der Waals surface area contributed by atoms with Crippen LogP contribution >= 0.6 is 0 Å². The summed E-state index contributed by atoms with van der Waals surface area (Å²) in [5.41, 5.74) is 4.96. The lowest BCUT2D eigenvalue weighted by molar-refractivity contribution is 0.0470.